The van der Waals surface area contributed by atoms with Crippen molar-refractivity contribution in [2.45, 2.75) is 18.2 Å². The Labute approximate surface area is 128 Å². The van der Waals surface area contributed by atoms with Crippen LogP contribution in [0.5, 0.6) is 0 Å². The molecule has 0 heterocycles. The van der Waals surface area contributed by atoms with Gasteiger partial charge < -0.3 is 10.2 Å². The zero-order valence-electron chi connectivity index (χ0n) is 11.7. The van der Waals surface area contributed by atoms with E-state index in [0.29, 0.717) is 12.2 Å². The lowest BCUT2D eigenvalue weighted by Crippen LogP contribution is -2.27. The van der Waals surface area contributed by atoms with Crippen molar-refractivity contribution in [3.63, 3.8) is 0 Å². The third kappa shape index (κ3) is 5.31. The molecular weight excluding hydrogens is 314 g/mol. The van der Waals surface area contributed by atoms with Crippen molar-refractivity contribution in [3.8, 4) is 0 Å². The zero-order valence-corrected chi connectivity index (χ0v) is 13.3. The number of sulfonamides is 1. The average molecular weight is 333 g/mol. The van der Waals surface area contributed by atoms with Crippen LogP contribution in [0, 0.1) is 6.92 Å². The van der Waals surface area contributed by atoms with Crippen molar-refractivity contribution in [2.75, 3.05) is 24.7 Å². The van der Waals surface area contributed by atoms with Gasteiger partial charge in [0.15, 0.2) is 0 Å². The molecule has 0 radical (unpaired) electrons. The quantitative estimate of drug-likeness (QED) is 0.584. The zero-order chi connectivity index (χ0) is 15.9. The van der Waals surface area contributed by atoms with E-state index in [9.17, 15) is 13.2 Å². The summed E-state index contributed by atoms with van der Waals surface area (Å²) in [4.78, 5) is 11.0. The Balaban J connectivity index is 2.71. The first-order valence-electron chi connectivity index (χ1n) is 6.41. The Morgan fingerprint density at radius 1 is 1.33 bits per heavy atom. The number of carboxylic acids is 1. The molecule has 0 aliphatic carbocycles. The lowest BCUT2D eigenvalue weighted by atomic mass is 10.1. The maximum absolute atomic E-state index is 12.2. The van der Waals surface area contributed by atoms with Crippen LogP contribution in [0.15, 0.2) is 23.1 Å². The van der Waals surface area contributed by atoms with Crippen LogP contribution in [-0.2, 0) is 10.0 Å². The van der Waals surface area contributed by atoms with Crippen molar-refractivity contribution in [3.05, 3.63) is 29.3 Å². The SMILES string of the molecule is Cc1c(C(=O)O)cccc1S(=O)(=O)NCCSCCCO. The van der Waals surface area contributed by atoms with E-state index in [1.807, 2.05) is 0 Å². The van der Waals surface area contributed by atoms with Crippen molar-refractivity contribution in [2.24, 2.45) is 0 Å². The third-order valence-electron chi connectivity index (χ3n) is 2.79. The van der Waals surface area contributed by atoms with Gasteiger partial charge in [-0.25, -0.2) is 17.9 Å². The summed E-state index contributed by atoms with van der Waals surface area (Å²) in [5, 5.41) is 17.6. The first-order valence-corrected chi connectivity index (χ1v) is 9.05. The number of rotatable bonds is 9. The van der Waals surface area contributed by atoms with Gasteiger partial charge >= 0.3 is 5.97 Å². The second kappa shape index (κ2) is 8.38. The molecule has 21 heavy (non-hydrogen) atoms. The number of aliphatic hydroxyl groups excluding tert-OH is 1. The van der Waals surface area contributed by atoms with Crippen LogP contribution in [0.2, 0.25) is 0 Å². The van der Waals surface area contributed by atoms with Crippen LogP contribution >= 0.6 is 11.8 Å². The van der Waals surface area contributed by atoms with Gasteiger partial charge in [-0.1, -0.05) is 6.07 Å². The molecule has 0 saturated carbocycles. The molecule has 6 nitrogen and oxygen atoms in total. The topological polar surface area (TPSA) is 104 Å². The molecule has 0 fully saturated rings. The van der Waals surface area contributed by atoms with Crippen LogP contribution in [0.25, 0.3) is 0 Å². The summed E-state index contributed by atoms with van der Waals surface area (Å²) >= 11 is 1.54. The predicted molar refractivity (Wildman–Crippen MR) is 82.4 cm³/mol. The fourth-order valence-electron chi connectivity index (χ4n) is 1.73. The maximum Gasteiger partial charge on any atom is 0.335 e. The van der Waals surface area contributed by atoms with Crippen LogP contribution in [0.4, 0.5) is 0 Å². The summed E-state index contributed by atoms with van der Waals surface area (Å²) in [6, 6.07) is 4.19. The molecule has 0 atom stereocenters. The summed E-state index contributed by atoms with van der Waals surface area (Å²) < 4.78 is 26.8. The number of aromatic carboxylic acids is 1. The molecular formula is C13H19NO5S2. The third-order valence-corrected chi connectivity index (χ3v) is 5.46. The first-order chi connectivity index (χ1) is 9.90. The van der Waals surface area contributed by atoms with Crippen LogP contribution in [0.3, 0.4) is 0 Å². The number of hydrogen-bond donors (Lipinski definition) is 3. The molecule has 0 aliphatic heterocycles. The molecule has 0 bridgehead atoms. The number of hydrogen-bond acceptors (Lipinski definition) is 5. The maximum atomic E-state index is 12.2. The minimum Gasteiger partial charge on any atom is -0.478 e. The largest absolute Gasteiger partial charge is 0.478 e. The molecule has 1 aromatic carbocycles. The highest BCUT2D eigenvalue weighted by Crippen LogP contribution is 2.18. The van der Waals surface area contributed by atoms with Crippen molar-refractivity contribution < 1.29 is 23.4 Å². The number of aliphatic hydroxyl groups is 1. The molecule has 8 heteroatoms. The van der Waals surface area contributed by atoms with Gasteiger partial charge in [0.25, 0.3) is 0 Å². The van der Waals surface area contributed by atoms with E-state index in [2.05, 4.69) is 4.72 Å². The van der Waals surface area contributed by atoms with Gasteiger partial charge in [0.05, 0.1) is 10.5 Å². The fraction of sp³-hybridized carbons (Fsp3) is 0.462. The van der Waals surface area contributed by atoms with E-state index >= 15 is 0 Å². The average Bonchev–Trinajstić information content (AvgIpc) is 2.42. The standard InChI is InChI=1S/C13H19NO5S2/c1-10-11(13(16)17)4-2-5-12(10)21(18,19)14-6-9-20-8-3-7-15/h2,4-5,14-15H,3,6-9H2,1H3,(H,16,17). The van der Waals surface area contributed by atoms with Gasteiger partial charge in [-0.3, -0.25) is 0 Å². The van der Waals surface area contributed by atoms with Gasteiger partial charge in [0, 0.05) is 18.9 Å². The highest BCUT2D eigenvalue weighted by atomic mass is 32.2. The van der Waals surface area contributed by atoms with Crippen molar-refractivity contribution in [1.82, 2.24) is 4.72 Å². The lowest BCUT2D eigenvalue weighted by molar-refractivity contribution is 0.0696. The molecule has 3 N–H and O–H groups in total. The van der Waals surface area contributed by atoms with Crippen molar-refractivity contribution >= 4 is 27.8 Å². The number of nitrogens with one attached hydrogen (secondary N) is 1. The summed E-state index contributed by atoms with van der Waals surface area (Å²) in [5.41, 5.74) is 0.209. The number of benzene rings is 1. The molecule has 0 aromatic heterocycles. The number of carboxylic acid groups (broad SMARTS) is 1. The van der Waals surface area contributed by atoms with Gasteiger partial charge in [0.1, 0.15) is 0 Å². The van der Waals surface area contributed by atoms with E-state index < -0.39 is 16.0 Å². The molecule has 0 spiro atoms. The fourth-order valence-corrected chi connectivity index (χ4v) is 3.94. The van der Waals surface area contributed by atoms with Crippen molar-refractivity contribution in [1.29, 1.82) is 0 Å². The predicted octanol–water partition coefficient (Wildman–Crippen LogP) is 1.09. The first kappa shape index (κ1) is 18.0. The Bertz CT molecular complexity index is 586. The summed E-state index contributed by atoms with van der Waals surface area (Å²) in [7, 11) is -3.72. The minimum absolute atomic E-state index is 0.0113. The molecule has 1 rings (SSSR count). The highest BCUT2D eigenvalue weighted by Gasteiger charge is 2.20. The number of thioether (sulfide) groups is 1. The highest BCUT2D eigenvalue weighted by molar-refractivity contribution is 7.99. The molecule has 0 aliphatic rings. The smallest absolute Gasteiger partial charge is 0.335 e. The molecule has 0 amide bonds. The van der Waals surface area contributed by atoms with E-state index in [-0.39, 0.29) is 29.2 Å². The van der Waals surface area contributed by atoms with Crippen LogP contribution < -0.4 is 4.72 Å². The van der Waals surface area contributed by atoms with E-state index in [1.54, 1.807) is 11.8 Å². The van der Waals surface area contributed by atoms with E-state index in [1.165, 1.54) is 25.1 Å². The molecule has 1 aromatic rings. The monoisotopic (exact) mass is 333 g/mol. The van der Waals surface area contributed by atoms with Gasteiger partial charge in [-0.05, 0) is 36.8 Å². The van der Waals surface area contributed by atoms with Crippen LogP contribution in [0.1, 0.15) is 22.3 Å². The van der Waals surface area contributed by atoms with E-state index in [4.69, 9.17) is 10.2 Å². The molecule has 0 saturated heterocycles. The number of carbonyl (C=O) groups is 1. The summed E-state index contributed by atoms with van der Waals surface area (Å²) in [6.45, 7) is 1.86. The lowest BCUT2D eigenvalue weighted by Gasteiger charge is -2.10. The van der Waals surface area contributed by atoms with Gasteiger partial charge in [-0.2, -0.15) is 11.8 Å². The molecule has 0 unspecified atom stereocenters. The second-order valence-corrected chi connectivity index (χ2v) is 7.28. The summed E-state index contributed by atoms with van der Waals surface area (Å²) in [6.07, 6.45) is 0.678. The normalized spacial score (nSPS) is 11.5. The molecule has 118 valence electrons. The van der Waals surface area contributed by atoms with Gasteiger partial charge in [-0.15, -0.1) is 0 Å². The van der Waals surface area contributed by atoms with Gasteiger partial charge in [0.2, 0.25) is 10.0 Å². The summed E-state index contributed by atoms with van der Waals surface area (Å²) in [5.74, 6) is 0.215. The Kier molecular flexibility index (Phi) is 7.16. The second-order valence-electron chi connectivity index (χ2n) is 4.32. The Morgan fingerprint density at radius 2 is 2.05 bits per heavy atom. The van der Waals surface area contributed by atoms with Crippen LogP contribution in [-0.4, -0.2) is 49.3 Å². The Morgan fingerprint density at radius 3 is 2.67 bits per heavy atom. The van der Waals surface area contributed by atoms with E-state index in [0.717, 1.165) is 5.75 Å². The minimum atomic E-state index is -3.72. The Hall–Kier alpha value is -1.09.